The van der Waals surface area contributed by atoms with Crippen LogP contribution in [-0.4, -0.2) is 23.2 Å². The highest BCUT2D eigenvalue weighted by atomic mass is 16.5. The van der Waals surface area contributed by atoms with E-state index in [0.29, 0.717) is 5.82 Å². The lowest BCUT2D eigenvalue weighted by Crippen LogP contribution is -2.34. The van der Waals surface area contributed by atoms with Crippen molar-refractivity contribution >= 4 is 23.2 Å². The molecule has 0 unspecified atom stereocenters. The van der Waals surface area contributed by atoms with Crippen LogP contribution in [0.5, 0.6) is 5.75 Å². The van der Waals surface area contributed by atoms with Crippen LogP contribution < -0.4 is 20.7 Å². The molecule has 2 rings (SSSR count). The minimum absolute atomic E-state index is 0.0726. The molecule has 3 N–H and O–H groups in total. The van der Waals surface area contributed by atoms with E-state index >= 15 is 0 Å². The molecule has 0 aliphatic rings. The van der Waals surface area contributed by atoms with Crippen LogP contribution in [0.4, 0.5) is 22.0 Å². The maximum Gasteiger partial charge on any atom is 0.320 e. The molecule has 0 fully saturated rings. The van der Waals surface area contributed by atoms with Crippen molar-refractivity contribution in [1.29, 1.82) is 0 Å². The molecule has 2 amide bonds. The van der Waals surface area contributed by atoms with Crippen molar-refractivity contribution in [3.8, 4) is 5.75 Å². The van der Waals surface area contributed by atoms with E-state index in [4.69, 9.17) is 4.74 Å². The van der Waals surface area contributed by atoms with Crippen molar-refractivity contribution in [3.05, 3.63) is 42.6 Å². The number of carbonyl (C=O) groups excluding carboxylic acids is 1. The molecular weight excluding hydrogens is 304 g/mol. The highest BCUT2D eigenvalue weighted by Gasteiger charge is 2.07. The summed E-state index contributed by atoms with van der Waals surface area (Å²) in [4.78, 5) is 15.9. The van der Waals surface area contributed by atoms with E-state index in [-0.39, 0.29) is 18.2 Å². The summed E-state index contributed by atoms with van der Waals surface area (Å²) in [7, 11) is 0. The van der Waals surface area contributed by atoms with Gasteiger partial charge in [0.25, 0.3) is 0 Å². The Balaban J connectivity index is 2.03. The molecule has 0 spiro atoms. The quantitative estimate of drug-likeness (QED) is 0.745. The molecule has 6 heteroatoms. The maximum atomic E-state index is 11.7. The number of pyridine rings is 1. The van der Waals surface area contributed by atoms with Crippen LogP contribution in [-0.2, 0) is 0 Å². The van der Waals surface area contributed by atoms with Crippen molar-refractivity contribution in [3.63, 3.8) is 0 Å². The summed E-state index contributed by atoms with van der Waals surface area (Å²) in [6.07, 6.45) is 1.76. The standard InChI is InChI=1S/C18H24N4O2/c1-12(2)20-18(23)22-17-10-9-14(11-19-17)21-15-7-5-6-8-16(15)24-13(3)4/h5-13,21H,1-4H3,(H2,19,20,22,23). The fraction of sp³-hybridized carbons (Fsp3) is 0.333. The van der Waals surface area contributed by atoms with Crippen molar-refractivity contribution in [2.75, 3.05) is 10.6 Å². The van der Waals surface area contributed by atoms with Crippen molar-refractivity contribution in [2.24, 2.45) is 0 Å². The van der Waals surface area contributed by atoms with Gasteiger partial charge in [-0.1, -0.05) is 12.1 Å². The molecule has 1 heterocycles. The van der Waals surface area contributed by atoms with Gasteiger partial charge in [0.15, 0.2) is 0 Å². The molecule has 0 bridgehead atoms. The van der Waals surface area contributed by atoms with Crippen LogP contribution in [0.15, 0.2) is 42.6 Å². The Labute approximate surface area is 142 Å². The highest BCUT2D eigenvalue weighted by Crippen LogP contribution is 2.28. The van der Waals surface area contributed by atoms with E-state index in [9.17, 15) is 4.79 Å². The van der Waals surface area contributed by atoms with Gasteiger partial charge in [-0.25, -0.2) is 9.78 Å². The van der Waals surface area contributed by atoms with Gasteiger partial charge in [0, 0.05) is 6.04 Å². The molecule has 0 radical (unpaired) electrons. The van der Waals surface area contributed by atoms with Crippen molar-refractivity contribution in [1.82, 2.24) is 10.3 Å². The second-order valence-electron chi connectivity index (χ2n) is 5.97. The Morgan fingerprint density at radius 1 is 1.08 bits per heavy atom. The van der Waals surface area contributed by atoms with Crippen LogP contribution in [0.3, 0.4) is 0 Å². The summed E-state index contributed by atoms with van der Waals surface area (Å²) in [6.45, 7) is 7.77. The maximum absolute atomic E-state index is 11.7. The van der Waals surface area contributed by atoms with Gasteiger partial charge in [-0.15, -0.1) is 0 Å². The molecule has 6 nitrogen and oxygen atoms in total. The number of aromatic nitrogens is 1. The summed E-state index contributed by atoms with van der Waals surface area (Å²) in [5.41, 5.74) is 1.68. The van der Waals surface area contributed by atoms with E-state index in [0.717, 1.165) is 17.1 Å². The molecular formula is C18H24N4O2. The van der Waals surface area contributed by atoms with Crippen LogP contribution >= 0.6 is 0 Å². The number of urea groups is 1. The predicted octanol–water partition coefficient (Wildman–Crippen LogP) is 4.14. The number of nitrogens with zero attached hydrogens (tertiary/aromatic N) is 1. The number of hydrogen-bond donors (Lipinski definition) is 3. The van der Waals surface area contributed by atoms with Gasteiger partial charge in [0.2, 0.25) is 0 Å². The van der Waals surface area contributed by atoms with Crippen molar-refractivity contribution in [2.45, 2.75) is 39.8 Å². The second kappa shape index (κ2) is 8.19. The van der Waals surface area contributed by atoms with Gasteiger partial charge in [0.05, 0.1) is 23.7 Å². The third kappa shape index (κ3) is 5.46. The normalized spacial score (nSPS) is 10.6. The summed E-state index contributed by atoms with van der Waals surface area (Å²) in [5, 5.41) is 8.71. The van der Waals surface area contributed by atoms with E-state index < -0.39 is 0 Å². The highest BCUT2D eigenvalue weighted by molar-refractivity contribution is 5.88. The zero-order valence-corrected chi connectivity index (χ0v) is 14.5. The molecule has 0 aliphatic carbocycles. The number of amides is 2. The fourth-order valence-electron chi connectivity index (χ4n) is 2.04. The molecule has 1 aromatic heterocycles. The molecule has 128 valence electrons. The Kier molecular flexibility index (Phi) is 6.01. The Bertz CT molecular complexity index is 669. The summed E-state index contributed by atoms with van der Waals surface area (Å²) >= 11 is 0. The number of anilines is 3. The number of para-hydroxylation sites is 2. The van der Waals surface area contributed by atoms with Crippen LogP contribution in [0.2, 0.25) is 0 Å². The Morgan fingerprint density at radius 3 is 2.46 bits per heavy atom. The Morgan fingerprint density at radius 2 is 1.83 bits per heavy atom. The zero-order valence-electron chi connectivity index (χ0n) is 14.5. The topological polar surface area (TPSA) is 75.3 Å². The van der Waals surface area contributed by atoms with Crippen LogP contribution in [0, 0.1) is 0 Å². The van der Waals surface area contributed by atoms with Gasteiger partial charge in [-0.2, -0.15) is 0 Å². The van der Waals surface area contributed by atoms with E-state index in [1.165, 1.54) is 0 Å². The lowest BCUT2D eigenvalue weighted by atomic mass is 10.2. The van der Waals surface area contributed by atoms with Gasteiger partial charge < -0.3 is 15.4 Å². The number of ether oxygens (including phenoxy) is 1. The first-order valence-electron chi connectivity index (χ1n) is 8.00. The predicted molar refractivity (Wildman–Crippen MR) is 97.0 cm³/mol. The molecule has 1 aromatic carbocycles. The molecule has 0 aliphatic heterocycles. The average molecular weight is 328 g/mol. The first-order valence-corrected chi connectivity index (χ1v) is 8.00. The largest absolute Gasteiger partial charge is 0.489 e. The first-order chi connectivity index (χ1) is 11.4. The number of nitrogens with one attached hydrogen (secondary N) is 3. The number of benzene rings is 1. The number of hydrogen-bond acceptors (Lipinski definition) is 4. The zero-order chi connectivity index (χ0) is 17.5. The molecule has 0 saturated carbocycles. The van der Waals surface area contributed by atoms with E-state index in [2.05, 4.69) is 20.9 Å². The first kappa shape index (κ1) is 17.6. The smallest absolute Gasteiger partial charge is 0.320 e. The molecule has 0 saturated heterocycles. The van der Waals surface area contributed by atoms with Gasteiger partial charge in [0.1, 0.15) is 11.6 Å². The fourth-order valence-corrected chi connectivity index (χ4v) is 2.04. The molecule has 24 heavy (non-hydrogen) atoms. The third-order valence-corrected chi connectivity index (χ3v) is 2.95. The number of carbonyl (C=O) groups is 1. The van der Waals surface area contributed by atoms with Crippen LogP contribution in [0.25, 0.3) is 0 Å². The second-order valence-corrected chi connectivity index (χ2v) is 5.97. The minimum atomic E-state index is -0.270. The number of rotatable bonds is 6. The average Bonchev–Trinajstić information content (AvgIpc) is 2.50. The summed E-state index contributed by atoms with van der Waals surface area (Å²) < 4.78 is 5.78. The lowest BCUT2D eigenvalue weighted by Gasteiger charge is -2.15. The summed E-state index contributed by atoms with van der Waals surface area (Å²) in [5.74, 6) is 1.27. The van der Waals surface area contributed by atoms with Crippen LogP contribution in [0.1, 0.15) is 27.7 Å². The van der Waals surface area contributed by atoms with Gasteiger partial charge in [-0.05, 0) is 52.0 Å². The molecule has 2 aromatic rings. The van der Waals surface area contributed by atoms with Gasteiger partial charge >= 0.3 is 6.03 Å². The van der Waals surface area contributed by atoms with E-state index in [1.54, 1.807) is 12.3 Å². The summed E-state index contributed by atoms with van der Waals surface area (Å²) in [6, 6.07) is 11.1. The van der Waals surface area contributed by atoms with E-state index in [1.807, 2.05) is 58.0 Å². The van der Waals surface area contributed by atoms with Crippen molar-refractivity contribution < 1.29 is 9.53 Å². The SMILES string of the molecule is CC(C)NC(=O)Nc1ccc(Nc2ccccc2OC(C)C)cn1. The third-order valence-electron chi connectivity index (χ3n) is 2.95. The monoisotopic (exact) mass is 328 g/mol. The van der Waals surface area contributed by atoms with Gasteiger partial charge in [-0.3, -0.25) is 5.32 Å². The molecule has 0 atom stereocenters. The lowest BCUT2D eigenvalue weighted by molar-refractivity contribution is 0.244. The Hall–Kier alpha value is -2.76. The minimum Gasteiger partial charge on any atom is -0.489 e.